The molecule has 0 bridgehead atoms. The zero-order valence-corrected chi connectivity index (χ0v) is 16.8. The van der Waals surface area contributed by atoms with Gasteiger partial charge in [-0.15, -0.1) is 10.2 Å². The van der Waals surface area contributed by atoms with Crippen LogP contribution < -0.4 is 10.2 Å². The lowest BCUT2D eigenvalue weighted by atomic mass is 10.2. The first-order valence-electron chi connectivity index (χ1n) is 9.34. The van der Waals surface area contributed by atoms with Gasteiger partial charge in [0.2, 0.25) is 5.91 Å². The van der Waals surface area contributed by atoms with E-state index in [1.807, 2.05) is 42.8 Å². The Hall–Kier alpha value is -2.74. The highest BCUT2D eigenvalue weighted by Gasteiger charge is 2.18. The molecule has 0 unspecified atom stereocenters. The summed E-state index contributed by atoms with van der Waals surface area (Å²) >= 11 is 1.37. The van der Waals surface area contributed by atoms with Crippen molar-refractivity contribution in [1.29, 1.82) is 0 Å². The van der Waals surface area contributed by atoms with E-state index in [-0.39, 0.29) is 11.7 Å². The average Bonchev–Trinajstić information content (AvgIpc) is 3.43. The number of nitrogens with one attached hydrogen (secondary N) is 1. The van der Waals surface area contributed by atoms with Crippen LogP contribution in [0.3, 0.4) is 0 Å². The second-order valence-corrected chi connectivity index (χ2v) is 7.75. The number of thioether (sulfide) groups is 1. The van der Waals surface area contributed by atoms with Crippen molar-refractivity contribution >= 4 is 29.0 Å². The molecular formula is C20H23N5O2S. The summed E-state index contributed by atoms with van der Waals surface area (Å²) in [7, 11) is 1.89. The van der Waals surface area contributed by atoms with Crippen LogP contribution in [-0.2, 0) is 11.8 Å². The van der Waals surface area contributed by atoms with Crippen LogP contribution in [0.4, 0.5) is 11.4 Å². The van der Waals surface area contributed by atoms with E-state index < -0.39 is 0 Å². The van der Waals surface area contributed by atoms with Crippen molar-refractivity contribution in [3.05, 3.63) is 42.4 Å². The summed E-state index contributed by atoms with van der Waals surface area (Å²) in [6.07, 6.45) is 4.03. The van der Waals surface area contributed by atoms with Gasteiger partial charge in [0.25, 0.3) is 0 Å². The maximum absolute atomic E-state index is 12.5. The van der Waals surface area contributed by atoms with E-state index in [0.717, 1.165) is 41.6 Å². The molecule has 1 aromatic carbocycles. The van der Waals surface area contributed by atoms with E-state index in [2.05, 4.69) is 26.5 Å². The molecule has 1 amide bonds. The van der Waals surface area contributed by atoms with Crippen molar-refractivity contribution in [2.45, 2.75) is 24.9 Å². The fourth-order valence-electron chi connectivity index (χ4n) is 3.42. The van der Waals surface area contributed by atoms with Gasteiger partial charge in [0, 0.05) is 20.1 Å². The monoisotopic (exact) mass is 397 g/mol. The molecular weight excluding hydrogens is 374 g/mol. The van der Waals surface area contributed by atoms with Gasteiger partial charge >= 0.3 is 0 Å². The van der Waals surface area contributed by atoms with Gasteiger partial charge in [0.1, 0.15) is 5.76 Å². The third-order valence-corrected chi connectivity index (χ3v) is 5.91. The number of hydrogen-bond acceptors (Lipinski definition) is 6. The number of furan rings is 1. The van der Waals surface area contributed by atoms with Gasteiger partial charge in [-0.25, -0.2) is 0 Å². The number of carbonyl (C=O) groups excluding carboxylic acids is 1. The van der Waals surface area contributed by atoms with Gasteiger partial charge in [-0.3, -0.25) is 4.79 Å². The number of nitrogens with zero attached hydrogens (tertiary/aromatic N) is 4. The Labute approximate surface area is 168 Å². The Morgan fingerprint density at radius 2 is 2.00 bits per heavy atom. The molecule has 1 aliphatic heterocycles. The smallest absolute Gasteiger partial charge is 0.234 e. The van der Waals surface area contributed by atoms with Crippen LogP contribution in [0.15, 0.2) is 46.2 Å². The van der Waals surface area contributed by atoms with E-state index >= 15 is 0 Å². The van der Waals surface area contributed by atoms with Gasteiger partial charge in [-0.1, -0.05) is 23.9 Å². The van der Waals surface area contributed by atoms with Crippen LogP contribution in [0.5, 0.6) is 0 Å². The van der Waals surface area contributed by atoms with Crippen molar-refractivity contribution in [2.75, 3.05) is 29.1 Å². The molecule has 4 rings (SSSR count). The predicted octanol–water partition coefficient (Wildman–Crippen LogP) is 3.71. The van der Waals surface area contributed by atoms with E-state index in [4.69, 9.17) is 4.42 Å². The maximum atomic E-state index is 12.5. The molecule has 28 heavy (non-hydrogen) atoms. The number of hydrogen-bond donors (Lipinski definition) is 1. The summed E-state index contributed by atoms with van der Waals surface area (Å²) in [6, 6.07) is 9.85. The normalized spacial score (nSPS) is 13.9. The highest BCUT2D eigenvalue weighted by molar-refractivity contribution is 7.99. The lowest BCUT2D eigenvalue weighted by Gasteiger charge is -2.21. The number of aryl methyl sites for hydroxylation is 1. The molecule has 0 spiro atoms. The number of carbonyl (C=O) groups is 1. The van der Waals surface area contributed by atoms with Gasteiger partial charge in [-0.05, 0) is 38.0 Å². The summed E-state index contributed by atoms with van der Waals surface area (Å²) in [5.41, 5.74) is 2.86. The lowest BCUT2D eigenvalue weighted by molar-refractivity contribution is -0.113. The van der Waals surface area contributed by atoms with Crippen molar-refractivity contribution in [3.63, 3.8) is 0 Å². The standard InChI is InChI=1S/C20H23N5O2S/c1-14-15(9-12-27-14)19-22-23-20(24(19)2)28-13-18(26)21-16-7-3-4-8-17(16)25-10-5-6-11-25/h3-4,7-9,12H,5-6,10-11,13H2,1-2H3,(H,21,26). The zero-order valence-electron chi connectivity index (χ0n) is 16.0. The molecule has 7 nitrogen and oxygen atoms in total. The molecule has 0 aliphatic carbocycles. The quantitative estimate of drug-likeness (QED) is 0.639. The molecule has 1 saturated heterocycles. The minimum atomic E-state index is -0.0549. The second kappa shape index (κ2) is 8.10. The third kappa shape index (κ3) is 3.77. The number of benzene rings is 1. The molecule has 3 heterocycles. The molecule has 3 aromatic rings. The molecule has 146 valence electrons. The minimum absolute atomic E-state index is 0.0549. The highest BCUT2D eigenvalue weighted by Crippen LogP contribution is 2.29. The third-order valence-electron chi connectivity index (χ3n) is 4.89. The van der Waals surface area contributed by atoms with E-state index in [1.165, 1.54) is 24.6 Å². The van der Waals surface area contributed by atoms with Crippen LogP contribution >= 0.6 is 11.8 Å². The minimum Gasteiger partial charge on any atom is -0.469 e. The van der Waals surface area contributed by atoms with Gasteiger partial charge in [0.15, 0.2) is 11.0 Å². The summed E-state index contributed by atoms with van der Waals surface area (Å²) < 4.78 is 7.23. The highest BCUT2D eigenvalue weighted by atomic mass is 32.2. The number of aromatic nitrogens is 3. The Kier molecular flexibility index (Phi) is 5.38. The largest absolute Gasteiger partial charge is 0.469 e. The predicted molar refractivity (Wildman–Crippen MR) is 111 cm³/mol. The molecule has 8 heteroatoms. The molecule has 0 saturated carbocycles. The zero-order chi connectivity index (χ0) is 19.5. The van der Waals surface area contributed by atoms with Crippen LogP contribution in [-0.4, -0.2) is 39.5 Å². The molecule has 0 radical (unpaired) electrons. The summed E-state index contributed by atoms with van der Waals surface area (Å²) in [5.74, 6) is 1.74. The van der Waals surface area contributed by atoms with E-state index in [1.54, 1.807) is 6.26 Å². The number of para-hydroxylation sites is 2. The van der Waals surface area contributed by atoms with Crippen LogP contribution in [0.25, 0.3) is 11.4 Å². The first-order valence-corrected chi connectivity index (χ1v) is 10.3. The number of anilines is 2. The van der Waals surface area contributed by atoms with E-state index in [0.29, 0.717) is 5.16 Å². The number of rotatable bonds is 6. The van der Waals surface area contributed by atoms with Gasteiger partial charge in [0.05, 0.1) is 29.0 Å². The first kappa shape index (κ1) is 18.6. The molecule has 1 N–H and O–H groups in total. The molecule has 0 atom stereocenters. The van der Waals surface area contributed by atoms with Crippen molar-refractivity contribution < 1.29 is 9.21 Å². The Morgan fingerprint density at radius 1 is 1.21 bits per heavy atom. The molecule has 1 aliphatic rings. The van der Waals surface area contributed by atoms with E-state index in [9.17, 15) is 4.79 Å². The average molecular weight is 398 g/mol. The summed E-state index contributed by atoms with van der Waals surface area (Å²) in [6.45, 7) is 3.97. The summed E-state index contributed by atoms with van der Waals surface area (Å²) in [4.78, 5) is 14.9. The van der Waals surface area contributed by atoms with Gasteiger partial charge in [-0.2, -0.15) is 0 Å². The van der Waals surface area contributed by atoms with Crippen molar-refractivity contribution in [3.8, 4) is 11.4 Å². The Bertz CT molecular complexity index is 975. The molecule has 2 aromatic heterocycles. The fourth-order valence-corrected chi connectivity index (χ4v) is 4.13. The van der Waals surface area contributed by atoms with Crippen LogP contribution in [0.1, 0.15) is 18.6 Å². The lowest BCUT2D eigenvalue weighted by Crippen LogP contribution is -2.21. The fraction of sp³-hybridized carbons (Fsp3) is 0.350. The van der Waals surface area contributed by atoms with Crippen LogP contribution in [0.2, 0.25) is 0 Å². The topological polar surface area (TPSA) is 76.2 Å². The molecule has 1 fully saturated rings. The first-order chi connectivity index (χ1) is 13.6. The Morgan fingerprint density at radius 3 is 2.75 bits per heavy atom. The second-order valence-electron chi connectivity index (χ2n) is 6.80. The Balaban J connectivity index is 1.41. The van der Waals surface area contributed by atoms with Crippen molar-refractivity contribution in [1.82, 2.24) is 14.8 Å². The van der Waals surface area contributed by atoms with Crippen LogP contribution in [0, 0.1) is 6.92 Å². The maximum Gasteiger partial charge on any atom is 0.234 e. The van der Waals surface area contributed by atoms with Gasteiger partial charge < -0.3 is 19.2 Å². The van der Waals surface area contributed by atoms with Crippen molar-refractivity contribution in [2.24, 2.45) is 7.05 Å². The summed E-state index contributed by atoms with van der Waals surface area (Å²) in [5, 5.41) is 12.2. The number of amides is 1. The SMILES string of the molecule is Cc1occc1-c1nnc(SCC(=O)Nc2ccccc2N2CCCC2)n1C.